The Morgan fingerprint density at radius 3 is 2.85 bits per heavy atom. The smallest absolute Gasteiger partial charge is 0.112 e. The third-order valence-electron chi connectivity index (χ3n) is 2.34. The van der Waals surface area contributed by atoms with Crippen molar-refractivity contribution in [3.63, 3.8) is 0 Å². The molecule has 1 aliphatic rings. The Balaban J connectivity index is 2.47. The molecule has 0 saturated carbocycles. The number of benzene rings is 1. The molecule has 0 aliphatic heterocycles. The Morgan fingerprint density at radius 2 is 2.08 bits per heavy atom. The molecule has 1 aromatic carbocycles. The number of fused-ring (bicyclic) bond motifs is 1. The van der Waals surface area contributed by atoms with Crippen LogP contribution in [0.2, 0.25) is 0 Å². The summed E-state index contributed by atoms with van der Waals surface area (Å²) in [4.78, 5) is 0. The summed E-state index contributed by atoms with van der Waals surface area (Å²) in [5, 5.41) is 9.60. The van der Waals surface area contributed by atoms with Crippen LogP contribution in [0.3, 0.4) is 0 Å². The third-order valence-corrected chi connectivity index (χ3v) is 2.34. The van der Waals surface area contributed by atoms with Crippen LogP contribution in [0.15, 0.2) is 30.3 Å². The van der Waals surface area contributed by atoms with Crippen LogP contribution in [0, 0.1) is 0 Å². The largest absolute Gasteiger partial charge is 0.386 e. The molecule has 0 spiro atoms. The maximum atomic E-state index is 9.60. The van der Waals surface area contributed by atoms with Gasteiger partial charge in [-0.2, -0.15) is 0 Å². The first-order valence-electron chi connectivity index (χ1n) is 4.31. The normalized spacial score (nSPS) is 25.7. The summed E-state index contributed by atoms with van der Waals surface area (Å²) in [6.45, 7) is 0. The molecule has 1 aromatic rings. The van der Waals surface area contributed by atoms with Crippen molar-refractivity contribution in [3.8, 4) is 0 Å². The minimum atomic E-state index is -0.528. The van der Waals surface area contributed by atoms with Crippen LogP contribution in [-0.2, 0) is 4.74 Å². The lowest BCUT2D eigenvalue weighted by atomic mass is 9.93. The zero-order valence-electron chi connectivity index (χ0n) is 7.47. The molecule has 0 radical (unpaired) electrons. The molecule has 2 rings (SSSR count). The number of aliphatic hydroxyl groups is 1. The predicted molar refractivity (Wildman–Crippen MR) is 51.2 cm³/mol. The van der Waals surface area contributed by atoms with Crippen molar-refractivity contribution in [2.75, 3.05) is 7.11 Å². The fourth-order valence-electron chi connectivity index (χ4n) is 1.68. The van der Waals surface area contributed by atoms with E-state index >= 15 is 0 Å². The Morgan fingerprint density at radius 1 is 1.31 bits per heavy atom. The van der Waals surface area contributed by atoms with E-state index in [4.69, 9.17) is 4.74 Å². The van der Waals surface area contributed by atoms with Gasteiger partial charge in [0.1, 0.15) is 12.2 Å². The van der Waals surface area contributed by atoms with Gasteiger partial charge in [0.25, 0.3) is 0 Å². The molecule has 0 unspecified atom stereocenters. The van der Waals surface area contributed by atoms with Crippen LogP contribution >= 0.6 is 0 Å². The van der Waals surface area contributed by atoms with E-state index in [1.807, 2.05) is 30.3 Å². The lowest BCUT2D eigenvalue weighted by Gasteiger charge is -2.24. The molecule has 13 heavy (non-hydrogen) atoms. The van der Waals surface area contributed by atoms with Gasteiger partial charge in [0, 0.05) is 7.11 Å². The topological polar surface area (TPSA) is 29.5 Å². The van der Waals surface area contributed by atoms with Crippen LogP contribution < -0.4 is 0 Å². The zero-order chi connectivity index (χ0) is 9.26. The van der Waals surface area contributed by atoms with Gasteiger partial charge in [0.05, 0.1) is 0 Å². The molecule has 2 atom stereocenters. The number of hydrogen-bond donors (Lipinski definition) is 1. The summed E-state index contributed by atoms with van der Waals surface area (Å²) in [5.41, 5.74) is 2.18. The Labute approximate surface area is 77.5 Å². The van der Waals surface area contributed by atoms with Crippen molar-refractivity contribution in [2.24, 2.45) is 0 Å². The van der Waals surface area contributed by atoms with E-state index in [9.17, 15) is 5.11 Å². The number of hydrogen-bond acceptors (Lipinski definition) is 2. The summed E-state index contributed by atoms with van der Waals surface area (Å²) in [6, 6.07) is 7.93. The van der Waals surface area contributed by atoms with Crippen molar-refractivity contribution >= 4 is 6.08 Å². The van der Waals surface area contributed by atoms with E-state index in [2.05, 4.69) is 0 Å². The van der Waals surface area contributed by atoms with Gasteiger partial charge >= 0.3 is 0 Å². The molecular weight excluding hydrogens is 164 g/mol. The van der Waals surface area contributed by atoms with Gasteiger partial charge in [-0.05, 0) is 11.1 Å². The summed E-state index contributed by atoms with van der Waals surface area (Å²) in [5.74, 6) is 0. The molecule has 0 heterocycles. The van der Waals surface area contributed by atoms with Gasteiger partial charge in [-0.3, -0.25) is 0 Å². The highest BCUT2D eigenvalue weighted by Gasteiger charge is 2.23. The summed E-state index contributed by atoms with van der Waals surface area (Å²) >= 11 is 0. The molecule has 0 saturated heterocycles. The van der Waals surface area contributed by atoms with Crippen LogP contribution in [-0.4, -0.2) is 18.3 Å². The van der Waals surface area contributed by atoms with E-state index < -0.39 is 6.10 Å². The number of aliphatic hydroxyl groups excluding tert-OH is 1. The lowest BCUT2D eigenvalue weighted by Crippen LogP contribution is -2.21. The van der Waals surface area contributed by atoms with E-state index in [-0.39, 0.29) is 6.10 Å². The van der Waals surface area contributed by atoms with Crippen molar-refractivity contribution in [3.05, 3.63) is 41.5 Å². The molecule has 0 amide bonds. The van der Waals surface area contributed by atoms with E-state index in [0.29, 0.717) is 0 Å². The molecule has 1 aliphatic carbocycles. The van der Waals surface area contributed by atoms with Crippen LogP contribution in [0.1, 0.15) is 17.2 Å². The van der Waals surface area contributed by atoms with Gasteiger partial charge in [0.2, 0.25) is 0 Å². The maximum absolute atomic E-state index is 9.60. The summed E-state index contributed by atoms with van der Waals surface area (Å²) in [6.07, 6.45) is 2.94. The number of ether oxygens (including phenoxy) is 1. The quantitative estimate of drug-likeness (QED) is 0.706. The second kappa shape index (κ2) is 3.32. The first-order valence-corrected chi connectivity index (χ1v) is 4.31. The van der Waals surface area contributed by atoms with Crippen molar-refractivity contribution in [1.82, 2.24) is 0 Å². The number of methoxy groups -OCH3 is 1. The molecule has 0 bridgehead atoms. The minimum absolute atomic E-state index is 0.221. The van der Waals surface area contributed by atoms with E-state index in [1.165, 1.54) is 0 Å². The van der Waals surface area contributed by atoms with Crippen molar-refractivity contribution < 1.29 is 9.84 Å². The zero-order valence-corrected chi connectivity index (χ0v) is 7.47. The van der Waals surface area contributed by atoms with Crippen molar-refractivity contribution in [1.29, 1.82) is 0 Å². The highest BCUT2D eigenvalue weighted by molar-refractivity contribution is 5.58. The monoisotopic (exact) mass is 176 g/mol. The van der Waals surface area contributed by atoms with Gasteiger partial charge in [-0.15, -0.1) is 0 Å². The SMILES string of the molecule is CO[C@H]1c2ccccc2C=C[C@H]1O. The molecule has 2 heteroatoms. The average Bonchev–Trinajstić information content (AvgIpc) is 2.18. The highest BCUT2D eigenvalue weighted by atomic mass is 16.5. The molecule has 0 fully saturated rings. The third kappa shape index (κ3) is 1.39. The van der Waals surface area contributed by atoms with E-state index in [0.717, 1.165) is 11.1 Å². The lowest BCUT2D eigenvalue weighted by molar-refractivity contribution is 0.00976. The maximum Gasteiger partial charge on any atom is 0.112 e. The average molecular weight is 176 g/mol. The molecule has 68 valence electrons. The van der Waals surface area contributed by atoms with Crippen molar-refractivity contribution in [2.45, 2.75) is 12.2 Å². The van der Waals surface area contributed by atoms with Crippen LogP contribution in [0.4, 0.5) is 0 Å². The molecular formula is C11H12O2. The predicted octanol–water partition coefficient (Wildman–Crippen LogP) is 1.76. The Kier molecular flexibility index (Phi) is 2.17. The summed E-state index contributed by atoms with van der Waals surface area (Å²) in [7, 11) is 1.61. The molecule has 0 aromatic heterocycles. The van der Waals surface area contributed by atoms with Gasteiger partial charge < -0.3 is 9.84 Å². The fraction of sp³-hybridized carbons (Fsp3) is 0.273. The first kappa shape index (κ1) is 8.48. The number of rotatable bonds is 1. The Bertz CT molecular complexity index is 331. The second-order valence-electron chi connectivity index (χ2n) is 3.13. The van der Waals surface area contributed by atoms with Gasteiger partial charge in [-0.1, -0.05) is 36.4 Å². The van der Waals surface area contributed by atoms with Crippen LogP contribution in [0.25, 0.3) is 6.08 Å². The minimum Gasteiger partial charge on any atom is -0.386 e. The van der Waals surface area contributed by atoms with E-state index in [1.54, 1.807) is 13.2 Å². The fourth-order valence-corrected chi connectivity index (χ4v) is 1.68. The Hall–Kier alpha value is -1.12. The first-order chi connectivity index (χ1) is 6.33. The van der Waals surface area contributed by atoms with Gasteiger partial charge in [-0.25, -0.2) is 0 Å². The summed E-state index contributed by atoms with van der Waals surface area (Å²) < 4.78 is 5.23. The molecule has 2 nitrogen and oxygen atoms in total. The molecule has 1 N–H and O–H groups in total. The van der Waals surface area contributed by atoms with Crippen LogP contribution in [0.5, 0.6) is 0 Å². The standard InChI is InChI=1S/C11H12O2/c1-13-11-9-5-3-2-4-8(9)6-7-10(11)12/h2-7,10-12H,1H3/t10-,11+/m1/s1. The highest BCUT2D eigenvalue weighted by Crippen LogP contribution is 2.29. The second-order valence-corrected chi connectivity index (χ2v) is 3.13. The van der Waals surface area contributed by atoms with Gasteiger partial charge in [0.15, 0.2) is 0 Å².